The van der Waals surface area contributed by atoms with Gasteiger partial charge in [0.1, 0.15) is 17.0 Å². The number of H-pyrrole nitrogens is 1. The zero-order valence-electron chi connectivity index (χ0n) is 9.40. The summed E-state index contributed by atoms with van der Waals surface area (Å²) in [5.74, 6) is 0.340. The van der Waals surface area contributed by atoms with Crippen LogP contribution in [0, 0.1) is 5.82 Å². The molecule has 1 heterocycles. The predicted octanol–water partition coefficient (Wildman–Crippen LogP) is 4.03. The first-order chi connectivity index (χ1) is 8.74. The van der Waals surface area contributed by atoms with E-state index in [2.05, 4.69) is 9.97 Å². The van der Waals surface area contributed by atoms with Gasteiger partial charge in [-0.1, -0.05) is 30.3 Å². The maximum absolute atomic E-state index is 13.1. The van der Waals surface area contributed by atoms with Crippen LogP contribution in [0.25, 0.3) is 11.0 Å². The van der Waals surface area contributed by atoms with Gasteiger partial charge in [-0.15, -0.1) is 11.6 Å². The van der Waals surface area contributed by atoms with Gasteiger partial charge in [-0.05, 0) is 23.8 Å². The number of hydrogen-bond acceptors (Lipinski definition) is 1. The van der Waals surface area contributed by atoms with Crippen LogP contribution in [0.3, 0.4) is 0 Å². The van der Waals surface area contributed by atoms with Crippen molar-refractivity contribution in [3.8, 4) is 0 Å². The summed E-state index contributed by atoms with van der Waals surface area (Å²) in [6, 6.07) is 14.1. The van der Waals surface area contributed by atoms with Crippen molar-refractivity contribution in [1.29, 1.82) is 0 Å². The lowest BCUT2D eigenvalue weighted by atomic mass is 10.1. The second kappa shape index (κ2) is 4.42. The second-order valence-corrected chi connectivity index (χ2v) is 4.49. The maximum Gasteiger partial charge on any atom is 0.129 e. The quantitative estimate of drug-likeness (QED) is 0.693. The van der Waals surface area contributed by atoms with E-state index >= 15 is 0 Å². The van der Waals surface area contributed by atoms with Crippen molar-refractivity contribution in [2.45, 2.75) is 5.38 Å². The molecular formula is C14H10ClFN2. The number of rotatable bonds is 2. The van der Waals surface area contributed by atoms with Gasteiger partial charge in [0.2, 0.25) is 0 Å². The van der Waals surface area contributed by atoms with Crippen molar-refractivity contribution in [2.24, 2.45) is 0 Å². The fraction of sp³-hybridized carbons (Fsp3) is 0.0714. The molecule has 0 fully saturated rings. The van der Waals surface area contributed by atoms with Gasteiger partial charge < -0.3 is 4.98 Å². The minimum absolute atomic E-state index is 0.288. The van der Waals surface area contributed by atoms with Crippen LogP contribution < -0.4 is 0 Å². The first-order valence-electron chi connectivity index (χ1n) is 5.58. The molecule has 0 aliphatic carbocycles. The van der Waals surface area contributed by atoms with Crippen LogP contribution in [0.4, 0.5) is 4.39 Å². The molecule has 0 spiro atoms. The Bertz CT molecular complexity index is 679. The van der Waals surface area contributed by atoms with Crippen molar-refractivity contribution in [2.75, 3.05) is 0 Å². The number of imidazole rings is 1. The Kier molecular flexibility index (Phi) is 2.76. The SMILES string of the molecule is Fc1ccc2nc(C(Cl)c3ccccc3)[nH]c2c1. The number of alkyl halides is 1. The standard InChI is InChI=1S/C14H10ClFN2/c15-13(9-4-2-1-3-5-9)14-17-11-7-6-10(16)8-12(11)18-14/h1-8,13H,(H,17,18). The lowest BCUT2D eigenvalue weighted by Crippen LogP contribution is -1.94. The van der Waals surface area contributed by atoms with E-state index in [9.17, 15) is 4.39 Å². The van der Waals surface area contributed by atoms with E-state index in [0.29, 0.717) is 16.9 Å². The van der Waals surface area contributed by atoms with Gasteiger partial charge in [0.15, 0.2) is 0 Å². The Labute approximate surface area is 108 Å². The summed E-state index contributed by atoms with van der Waals surface area (Å²) in [6.07, 6.45) is 0. The van der Waals surface area contributed by atoms with Crippen LogP contribution in [-0.2, 0) is 0 Å². The summed E-state index contributed by atoms with van der Waals surface area (Å²) in [6.45, 7) is 0. The number of hydrogen-bond donors (Lipinski definition) is 1. The molecule has 0 aliphatic rings. The van der Waals surface area contributed by atoms with Gasteiger partial charge in [0.05, 0.1) is 11.0 Å². The summed E-state index contributed by atoms with van der Waals surface area (Å²) < 4.78 is 13.1. The highest BCUT2D eigenvalue weighted by Crippen LogP contribution is 2.28. The molecule has 2 aromatic carbocycles. The molecule has 1 unspecified atom stereocenters. The molecule has 1 aromatic heterocycles. The molecule has 0 amide bonds. The molecule has 4 heteroatoms. The molecule has 0 saturated heterocycles. The average Bonchev–Trinajstić information content (AvgIpc) is 2.81. The zero-order chi connectivity index (χ0) is 12.5. The molecule has 90 valence electrons. The Morgan fingerprint density at radius 3 is 2.67 bits per heavy atom. The van der Waals surface area contributed by atoms with E-state index in [1.54, 1.807) is 6.07 Å². The van der Waals surface area contributed by atoms with Crippen molar-refractivity contribution in [3.05, 3.63) is 65.7 Å². The van der Waals surface area contributed by atoms with E-state index in [0.717, 1.165) is 5.56 Å². The maximum atomic E-state index is 13.1. The van der Waals surface area contributed by atoms with E-state index < -0.39 is 0 Å². The topological polar surface area (TPSA) is 28.7 Å². The lowest BCUT2D eigenvalue weighted by Gasteiger charge is -2.05. The number of nitrogens with one attached hydrogen (secondary N) is 1. The third kappa shape index (κ3) is 1.97. The molecule has 3 aromatic rings. The lowest BCUT2D eigenvalue weighted by molar-refractivity contribution is 0.629. The predicted molar refractivity (Wildman–Crippen MR) is 70.2 cm³/mol. The normalized spacial score (nSPS) is 12.8. The van der Waals surface area contributed by atoms with Crippen LogP contribution in [0.5, 0.6) is 0 Å². The van der Waals surface area contributed by atoms with Crippen LogP contribution in [-0.4, -0.2) is 9.97 Å². The van der Waals surface area contributed by atoms with E-state index in [4.69, 9.17) is 11.6 Å². The largest absolute Gasteiger partial charge is 0.340 e. The van der Waals surface area contributed by atoms with Gasteiger partial charge in [-0.2, -0.15) is 0 Å². The smallest absolute Gasteiger partial charge is 0.129 e. The number of benzene rings is 2. The summed E-state index contributed by atoms with van der Waals surface area (Å²) in [7, 11) is 0. The molecule has 0 saturated carbocycles. The summed E-state index contributed by atoms with van der Waals surface area (Å²) in [5.41, 5.74) is 2.33. The van der Waals surface area contributed by atoms with Crippen molar-refractivity contribution in [3.63, 3.8) is 0 Å². The number of nitrogens with zero attached hydrogens (tertiary/aromatic N) is 1. The molecule has 0 aliphatic heterocycles. The molecular weight excluding hydrogens is 251 g/mol. The first-order valence-corrected chi connectivity index (χ1v) is 6.02. The Morgan fingerprint density at radius 2 is 1.89 bits per heavy atom. The Balaban J connectivity index is 2.04. The van der Waals surface area contributed by atoms with Gasteiger partial charge in [0, 0.05) is 0 Å². The van der Waals surface area contributed by atoms with Gasteiger partial charge in [-0.3, -0.25) is 0 Å². The van der Waals surface area contributed by atoms with Crippen molar-refractivity contribution < 1.29 is 4.39 Å². The highest BCUT2D eigenvalue weighted by Gasteiger charge is 2.14. The first kappa shape index (κ1) is 11.2. The van der Waals surface area contributed by atoms with Gasteiger partial charge in [0.25, 0.3) is 0 Å². The fourth-order valence-corrected chi connectivity index (χ4v) is 2.15. The molecule has 2 nitrogen and oxygen atoms in total. The van der Waals surface area contributed by atoms with E-state index in [-0.39, 0.29) is 11.2 Å². The number of aromatic amines is 1. The highest BCUT2D eigenvalue weighted by molar-refractivity contribution is 6.22. The van der Waals surface area contributed by atoms with Gasteiger partial charge >= 0.3 is 0 Å². The van der Waals surface area contributed by atoms with Crippen molar-refractivity contribution >= 4 is 22.6 Å². The molecule has 0 radical (unpaired) electrons. The molecule has 18 heavy (non-hydrogen) atoms. The zero-order valence-corrected chi connectivity index (χ0v) is 10.2. The van der Waals surface area contributed by atoms with Crippen LogP contribution in [0.2, 0.25) is 0 Å². The second-order valence-electron chi connectivity index (χ2n) is 4.06. The average molecular weight is 261 g/mol. The number of halogens is 2. The van der Waals surface area contributed by atoms with Crippen LogP contribution in [0.1, 0.15) is 16.8 Å². The summed E-state index contributed by atoms with van der Waals surface area (Å²) >= 11 is 6.36. The number of aromatic nitrogens is 2. The van der Waals surface area contributed by atoms with Gasteiger partial charge in [-0.25, -0.2) is 9.37 Å². The molecule has 1 atom stereocenters. The summed E-state index contributed by atoms with van der Waals surface area (Å²) in [5, 5.41) is -0.360. The molecule has 0 bridgehead atoms. The minimum Gasteiger partial charge on any atom is -0.340 e. The van der Waals surface area contributed by atoms with E-state index in [1.807, 2.05) is 30.3 Å². The number of fused-ring (bicyclic) bond motifs is 1. The Hall–Kier alpha value is -1.87. The minimum atomic E-state index is -0.360. The molecule has 3 rings (SSSR count). The monoisotopic (exact) mass is 260 g/mol. The highest BCUT2D eigenvalue weighted by atomic mass is 35.5. The van der Waals surface area contributed by atoms with Crippen LogP contribution >= 0.6 is 11.6 Å². The molecule has 1 N–H and O–H groups in total. The summed E-state index contributed by atoms with van der Waals surface area (Å²) in [4.78, 5) is 7.43. The fourth-order valence-electron chi connectivity index (χ4n) is 1.90. The third-order valence-electron chi connectivity index (χ3n) is 2.79. The van der Waals surface area contributed by atoms with Crippen LogP contribution in [0.15, 0.2) is 48.5 Å². The van der Waals surface area contributed by atoms with Crippen molar-refractivity contribution in [1.82, 2.24) is 9.97 Å². The third-order valence-corrected chi connectivity index (χ3v) is 3.25. The Morgan fingerprint density at radius 1 is 1.11 bits per heavy atom. The van der Waals surface area contributed by atoms with E-state index in [1.165, 1.54) is 12.1 Å².